The van der Waals surface area contributed by atoms with Crippen LogP contribution in [0.4, 0.5) is 0 Å². The van der Waals surface area contributed by atoms with Gasteiger partial charge in [0.25, 0.3) is 17.6 Å². The van der Waals surface area contributed by atoms with Crippen LogP contribution in [-0.2, 0) is 14.3 Å². The molecule has 3 aromatic carbocycles. The van der Waals surface area contributed by atoms with Crippen LogP contribution < -0.4 is 29.0 Å². The summed E-state index contributed by atoms with van der Waals surface area (Å²) in [4.78, 5) is 59.6. The minimum absolute atomic E-state index is 0.0142. The highest BCUT2D eigenvalue weighted by Gasteiger charge is 2.53. The maximum absolute atomic E-state index is 13.9. The molecule has 51 heavy (non-hydrogen) atoms. The van der Waals surface area contributed by atoms with E-state index in [0.29, 0.717) is 75.0 Å². The Kier molecular flexibility index (Phi) is 8.20. The second-order valence-electron chi connectivity index (χ2n) is 13.2. The molecule has 0 saturated carbocycles. The fraction of sp³-hybridized carbons (Fsp3) is 0.368. The first-order valence-electron chi connectivity index (χ1n) is 17.0. The van der Waals surface area contributed by atoms with E-state index >= 15 is 0 Å². The molecule has 2 fully saturated rings. The Labute approximate surface area is 293 Å². The number of hydrogen-bond acceptors (Lipinski definition) is 10. The number of ether oxygens (including phenoxy) is 6. The Bertz CT molecular complexity index is 2060. The van der Waals surface area contributed by atoms with E-state index in [4.69, 9.17) is 28.4 Å². The third kappa shape index (κ3) is 5.38. The molecule has 264 valence electrons. The largest absolute Gasteiger partial charge is 0.493 e. The molecule has 0 unspecified atom stereocenters. The van der Waals surface area contributed by atoms with E-state index in [-0.39, 0.29) is 24.9 Å². The number of hydrogen-bond donors (Lipinski definition) is 2. The van der Waals surface area contributed by atoms with Crippen LogP contribution in [0.5, 0.6) is 28.7 Å². The fourth-order valence-corrected chi connectivity index (χ4v) is 8.08. The summed E-state index contributed by atoms with van der Waals surface area (Å²) >= 11 is 0. The number of carbonyl (C=O) groups is 4. The third-order valence-corrected chi connectivity index (χ3v) is 10.5. The number of Topliss-reactive ketones (excluding diaryl/α,β-unsaturated/α-hetero) is 1. The van der Waals surface area contributed by atoms with Gasteiger partial charge in [0, 0.05) is 47.6 Å². The van der Waals surface area contributed by atoms with E-state index in [1.54, 1.807) is 36.4 Å². The molecule has 0 spiro atoms. The highest BCUT2D eigenvalue weighted by molar-refractivity contribution is 6.45. The molecule has 2 saturated heterocycles. The standard InChI is InChI=1S/C38H37N3O10/c1-46-29-12-20(13-30(47-2)35(29)48-3)31-22-14-27-28(51-18-50-27)15-23(22)33(25-17-49-38(45)32(25)31)40-36(43)34(42)24-16-39-26-8-7-19(11-21(24)26)37(44)41-9-5-4-6-10-41/h7-8,11-16,25,31-33,39H,4-6,9-10,17-18H2,1-3H3,(H,40,43)/t25-,31+,32-,33+/m0/s1. The quantitative estimate of drug-likeness (QED) is 0.153. The number of rotatable bonds is 8. The van der Waals surface area contributed by atoms with Crippen molar-refractivity contribution in [3.63, 3.8) is 0 Å². The molecule has 0 radical (unpaired) electrons. The number of carbonyl (C=O) groups excluding carboxylic acids is 4. The summed E-state index contributed by atoms with van der Waals surface area (Å²) in [6.45, 7) is 1.42. The minimum atomic E-state index is -0.860. The maximum atomic E-state index is 13.9. The molecule has 2 amide bonds. The van der Waals surface area contributed by atoms with Crippen LogP contribution in [0.1, 0.15) is 68.6 Å². The number of nitrogens with zero attached hydrogens (tertiary/aromatic N) is 1. The highest BCUT2D eigenvalue weighted by atomic mass is 16.7. The zero-order chi connectivity index (χ0) is 35.4. The predicted molar refractivity (Wildman–Crippen MR) is 182 cm³/mol. The van der Waals surface area contributed by atoms with Gasteiger partial charge in [0.05, 0.1) is 45.5 Å². The number of ketones is 1. The molecular weight excluding hydrogens is 658 g/mol. The average molecular weight is 696 g/mol. The van der Waals surface area contributed by atoms with Gasteiger partial charge in [-0.05, 0) is 78.4 Å². The number of benzene rings is 3. The van der Waals surface area contributed by atoms with Gasteiger partial charge in [-0.3, -0.25) is 19.2 Å². The van der Waals surface area contributed by atoms with Crippen LogP contribution in [0.2, 0.25) is 0 Å². The topological polar surface area (TPSA) is 155 Å². The van der Waals surface area contributed by atoms with Crippen molar-refractivity contribution >= 4 is 34.5 Å². The number of methoxy groups -OCH3 is 3. The molecule has 13 nitrogen and oxygen atoms in total. The summed E-state index contributed by atoms with van der Waals surface area (Å²) in [6, 6.07) is 11.6. The lowest BCUT2D eigenvalue weighted by Crippen LogP contribution is -2.44. The zero-order valence-corrected chi connectivity index (χ0v) is 28.4. The number of aromatic nitrogens is 1. The first-order valence-corrected chi connectivity index (χ1v) is 17.0. The highest BCUT2D eigenvalue weighted by Crippen LogP contribution is 2.55. The Morgan fingerprint density at radius 2 is 1.57 bits per heavy atom. The fourth-order valence-electron chi connectivity index (χ4n) is 8.08. The molecule has 4 aliphatic rings. The van der Waals surface area contributed by atoms with Crippen LogP contribution in [0, 0.1) is 11.8 Å². The van der Waals surface area contributed by atoms with Gasteiger partial charge in [-0.1, -0.05) is 0 Å². The van der Waals surface area contributed by atoms with E-state index in [2.05, 4.69) is 10.3 Å². The van der Waals surface area contributed by atoms with E-state index in [1.165, 1.54) is 27.5 Å². The molecule has 2 N–H and O–H groups in total. The molecule has 1 aromatic heterocycles. The second-order valence-corrected chi connectivity index (χ2v) is 13.2. The number of cyclic esters (lactones) is 1. The second kappa shape index (κ2) is 12.9. The molecule has 4 heterocycles. The smallest absolute Gasteiger partial charge is 0.310 e. The summed E-state index contributed by atoms with van der Waals surface area (Å²) in [6.07, 6.45) is 4.49. The lowest BCUT2D eigenvalue weighted by Gasteiger charge is -2.39. The number of aromatic amines is 1. The number of fused-ring (bicyclic) bond motifs is 4. The first kappa shape index (κ1) is 32.5. The average Bonchev–Trinajstić information content (AvgIpc) is 3.91. The van der Waals surface area contributed by atoms with Gasteiger partial charge in [-0.25, -0.2) is 0 Å². The minimum Gasteiger partial charge on any atom is -0.493 e. The first-order chi connectivity index (χ1) is 24.8. The van der Waals surface area contributed by atoms with Crippen molar-refractivity contribution in [3.05, 3.63) is 76.5 Å². The van der Waals surface area contributed by atoms with E-state index in [9.17, 15) is 19.2 Å². The van der Waals surface area contributed by atoms with Gasteiger partial charge >= 0.3 is 5.97 Å². The van der Waals surface area contributed by atoms with Gasteiger partial charge in [-0.2, -0.15) is 0 Å². The Hall–Kier alpha value is -5.72. The van der Waals surface area contributed by atoms with Gasteiger partial charge in [0.15, 0.2) is 23.0 Å². The van der Waals surface area contributed by atoms with Crippen molar-refractivity contribution < 1.29 is 47.6 Å². The number of likely N-dealkylation sites (tertiary alicyclic amines) is 1. The molecular formula is C38H37N3O10. The lowest BCUT2D eigenvalue weighted by molar-refractivity contribution is -0.141. The summed E-state index contributed by atoms with van der Waals surface area (Å²) in [7, 11) is 4.55. The summed E-state index contributed by atoms with van der Waals surface area (Å²) in [5, 5.41) is 3.44. The lowest BCUT2D eigenvalue weighted by atomic mass is 9.65. The summed E-state index contributed by atoms with van der Waals surface area (Å²) < 4.78 is 34.0. The van der Waals surface area contributed by atoms with Crippen LogP contribution >= 0.6 is 0 Å². The van der Waals surface area contributed by atoms with Crippen molar-refractivity contribution in [1.82, 2.24) is 15.2 Å². The zero-order valence-electron chi connectivity index (χ0n) is 28.4. The summed E-state index contributed by atoms with van der Waals surface area (Å²) in [5.74, 6) is -1.81. The molecule has 13 heteroatoms. The van der Waals surface area contributed by atoms with Crippen LogP contribution in [0.25, 0.3) is 10.9 Å². The molecule has 1 aliphatic carbocycles. The van der Waals surface area contributed by atoms with Crippen molar-refractivity contribution in [3.8, 4) is 28.7 Å². The van der Waals surface area contributed by atoms with Gasteiger partial charge in [0.1, 0.15) is 0 Å². The number of nitrogens with one attached hydrogen (secondary N) is 2. The van der Waals surface area contributed by atoms with E-state index < -0.39 is 41.5 Å². The van der Waals surface area contributed by atoms with E-state index in [1.807, 2.05) is 11.0 Å². The molecule has 8 rings (SSSR count). The number of esters is 1. The van der Waals surface area contributed by atoms with Gasteiger partial charge in [-0.15, -0.1) is 0 Å². The van der Waals surface area contributed by atoms with Crippen LogP contribution in [-0.4, -0.2) is 81.3 Å². The molecule has 3 aliphatic heterocycles. The number of piperidine rings is 1. The van der Waals surface area contributed by atoms with Crippen molar-refractivity contribution in [1.29, 1.82) is 0 Å². The number of amides is 2. The Morgan fingerprint density at radius 3 is 2.25 bits per heavy atom. The maximum Gasteiger partial charge on any atom is 0.310 e. The third-order valence-electron chi connectivity index (χ3n) is 10.5. The van der Waals surface area contributed by atoms with Crippen molar-refractivity contribution in [2.75, 3.05) is 47.8 Å². The Balaban J connectivity index is 1.16. The normalized spacial score (nSPS) is 21.8. The summed E-state index contributed by atoms with van der Waals surface area (Å²) in [5.41, 5.74) is 3.28. The van der Waals surface area contributed by atoms with Gasteiger partial charge < -0.3 is 43.6 Å². The molecule has 4 aromatic rings. The monoisotopic (exact) mass is 695 g/mol. The SMILES string of the molecule is COc1cc([C@@H]2c3cc4c(cc3[C@@H](NC(=O)C(=O)c3c[nH]c5ccc(C(=O)N6CCCCC6)cc35)[C@H]3COC(=O)[C@H]23)OCO4)cc(OC)c1OC. The van der Waals surface area contributed by atoms with Gasteiger partial charge in [0.2, 0.25) is 12.5 Å². The number of H-pyrrole nitrogens is 1. The van der Waals surface area contributed by atoms with Crippen molar-refractivity contribution in [2.24, 2.45) is 11.8 Å². The Morgan fingerprint density at radius 1 is 0.863 bits per heavy atom. The predicted octanol–water partition coefficient (Wildman–Crippen LogP) is 4.52. The van der Waals surface area contributed by atoms with Crippen LogP contribution in [0.15, 0.2) is 48.7 Å². The molecule has 0 bridgehead atoms. The van der Waals surface area contributed by atoms with Crippen LogP contribution in [0.3, 0.4) is 0 Å². The van der Waals surface area contributed by atoms with Crippen molar-refractivity contribution in [2.45, 2.75) is 31.2 Å². The molecule has 4 atom stereocenters. The van der Waals surface area contributed by atoms with E-state index in [0.717, 1.165) is 19.3 Å².